The van der Waals surface area contributed by atoms with E-state index in [0.717, 1.165) is 10.6 Å². The third kappa shape index (κ3) is 3.18. The molecule has 9 nitrogen and oxygen atoms in total. The van der Waals surface area contributed by atoms with E-state index in [0.29, 0.717) is 22.2 Å². The van der Waals surface area contributed by atoms with Gasteiger partial charge in [-0.2, -0.15) is 5.21 Å². The molecule has 0 radical (unpaired) electrons. The summed E-state index contributed by atoms with van der Waals surface area (Å²) < 4.78 is 10.5. The van der Waals surface area contributed by atoms with Crippen molar-refractivity contribution in [2.24, 2.45) is 0 Å². The Morgan fingerprint density at radius 2 is 1.92 bits per heavy atom. The summed E-state index contributed by atoms with van der Waals surface area (Å²) in [6.07, 6.45) is 0. The largest absolute Gasteiger partial charge is 0.497 e. The zero-order chi connectivity index (χ0) is 17.1. The highest BCUT2D eigenvalue weighted by Gasteiger charge is 2.17. The van der Waals surface area contributed by atoms with Crippen LogP contribution in [0.1, 0.15) is 16.3 Å². The van der Waals surface area contributed by atoms with Gasteiger partial charge in [0.05, 0.1) is 19.9 Å². The summed E-state index contributed by atoms with van der Waals surface area (Å²) in [7, 11) is 3.17. The van der Waals surface area contributed by atoms with Crippen molar-refractivity contribution in [3.63, 3.8) is 0 Å². The Kier molecular flexibility index (Phi) is 4.38. The summed E-state index contributed by atoms with van der Waals surface area (Å²) in [5, 5.41) is 17.0. The number of amides is 1. The highest BCUT2D eigenvalue weighted by atomic mass is 32.1. The van der Waals surface area contributed by atoms with Gasteiger partial charge in [-0.3, -0.25) is 4.79 Å². The van der Waals surface area contributed by atoms with Crippen LogP contribution in [0.4, 0.5) is 5.00 Å². The first-order valence-corrected chi connectivity index (χ1v) is 7.68. The molecule has 2 aromatic heterocycles. The molecule has 1 aromatic carbocycles. The van der Waals surface area contributed by atoms with Crippen LogP contribution in [0.5, 0.6) is 11.5 Å². The van der Waals surface area contributed by atoms with Crippen LogP contribution in [0.15, 0.2) is 18.2 Å². The lowest BCUT2D eigenvalue weighted by atomic mass is 10.2. The van der Waals surface area contributed by atoms with Crippen LogP contribution in [0.3, 0.4) is 0 Å². The standard InChI is InChI=1S/C14H14N6O3S/c1-7-13(16-12(21)11-17-19-20-18-11)24-14(15-7)8-4-9(22-2)6-10(5-8)23-3/h4-6H,1-3H3,(H,16,21)(H,17,18,19,20). The van der Waals surface area contributed by atoms with Crippen LogP contribution < -0.4 is 14.8 Å². The molecule has 124 valence electrons. The number of aromatic nitrogens is 5. The fourth-order valence-corrected chi connectivity index (χ4v) is 2.93. The minimum atomic E-state index is -0.453. The number of thiazole rings is 1. The first kappa shape index (κ1) is 15.9. The summed E-state index contributed by atoms with van der Waals surface area (Å²) in [6.45, 7) is 1.81. The minimum absolute atomic E-state index is 0.0348. The molecular formula is C14H14N6O3S. The molecule has 0 aliphatic rings. The van der Waals surface area contributed by atoms with Crippen molar-refractivity contribution in [3.8, 4) is 22.1 Å². The summed E-state index contributed by atoms with van der Waals surface area (Å²) in [6, 6.07) is 5.49. The molecule has 3 aromatic rings. The Morgan fingerprint density at radius 1 is 1.21 bits per heavy atom. The fourth-order valence-electron chi connectivity index (χ4n) is 1.98. The number of nitrogens with one attached hydrogen (secondary N) is 2. The predicted octanol–water partition coefficient (Wildman–Crippen LogP) is 1.90. The van der Waals surface area contributed by atoms with Crippen molar-refractivity contribution in [1.82, 2.24) is 25.6 Å². The van der Waals surface area contributed by atoms with Crippen LogP contribution in [-0.2, 0) is 0 Å². The molecule has 2 heterocycles. The zero-order valence-electron chi connectivity index (χ0n) is 13.2. The number of ether oxygens (including phenoxy) is 2. The quantitative estimate of drug-likeness (QED) is 0.725. The summed E-state index contributed by atoms with van der Waals surface area (Å²) >= 11 is 1.34. The lowest BCUT2D eigenvalue weighted by Crippen LogP contribution is -2.13. The van der Waals surface area contributed by atoms with Crippen molar-refractivity contribution >= 4 is 22.2 Å². The molecule has 3 rings (SSSR count). The van der Waals surface area contributed by atoms with E-state index in [-0.39, 0.29) is 5.82 Å². The lowest BCUT2D eigenvalue weighted by molar-refractivity contribution is 0.101. The van der Waals surface area contributed by atoms with Crippen molar-refractivity contribution in [1.29, 1.82) is 0 Å². The molecular weight excluding hydrogens is 332 g/mol. The van der Waals surface area contributed by atoms with E-state index >= 15 is 0 Å². The molecule has 0 aliphatic heterocycles. The van der Waals surface area contributed by atoms with Crippen LogP contribution in [0.2, 0.25) is 0 Å². The SMILES string of the molecule is COc1cc(OC)cc(-c2nc(C)c(NC(=O)c3nn[nH]n3)s2)c1. The van der Waals surface area contributed by atoms with Crippen molar-refractivity contribution in [2.75, 3.05) is 19.5 Å². The van der Waals surface area contributed by atoms with Gasteiger partial charge in [-0.15, -0.1) is 10.2 Å². The number of aromatic amines is 1. The average molecular weight is 346 g/mol. The van der Waals surface area contributed by atoms with Gasteiger partial charge in [-0.1, -0.05) is 11.3 Å². The number of carbonyl (C=O) groups is 1. The van der Waals surface area contributed by atoms with E-state index in [2.05, 4.69) is 30.9 Å². The van der Waals surface area contributed by atoms with Crippen LogP contribution >= 0.6 is 11.3 Å². The summed E-state index contributed by atoms with van der Waals surface area (Å²) in [4.78, 5) is 16.5. The Labute approximate surface area is 141 Å². The predicted molar refractivity (Wildman–Crippen MR) is 87.5 cm³/mol. The molecule has 0 saturated carbocycles. The first-order chi connectivity index (χ1) is 11.6. The van der Waals surface area contributed by atoms with Crippen molar-refractivity contribution < 1.29 is 14.3 Å². The average Bonchev–Trinajstić information content (AvgIpc) is 3.25. The first-order valence-electron chi connectivity index (χ1n) is 6.86. The van der Waals surface area contributed by atoms with Gasteiger partial charge in [0.1, 0.15) is 21.5 Å². The van der Waals surface area contributed by atoms with Gasteiger partial charge in [0.2, 0.25) is 0 Å². The van der Waals surface area contributed by atoms with Crippen LogP contribution in [-0.4, -0.2) is 45.7 Å². The Hall–Kier alpha value is -3.01. The van der Waals surface area contributed by atoms with Gasteiger partial charge < -0.3 is 14.8 Å². The number of hydrogen-bond donors (Lipinski definition) is 2. The highest BCUT2D eigenvalue weighted by molar-refractivity contribution is 7.19. The monoisotopic (exact) mass is 346 g/mol. The maximum absolute atomic E-state index is 12.0. The van der Waals surface area contributed by atoms with Gasteiger partial charge in [0, 0.05) is 11.6 Å². The topological polar surface area (TPSA) is 115 Å². The van der Waals surface area contributed by atoms with Crippen LogP contribution in [0.25, 0.3) is 10.6 Å². The molecule has 0 fully saturated rings. The number of anilines is 1. The number of nitrogens with zero attached hydrogens (tertiary/aromatic N) is 4. The second-order valence-corrected chi connectivity index (χ2v) is 5.72. The molecule has 0 saturated heterocycles. The Morgan fingerprint density at radius 3 is 2.50 bits per heavy atom. The number of aryl methyl sites for hydroxylation is 1. The molecule has 0 bridgehead atoms. The second kappa shape index (κ2) is 6.62. The van der Waals surface area contributed by atoms with E-state index in [1.165, 1.54) is 11.3 Å². The van der Waals surface area contributed by atoms with Gasteiger partial charge in [0.25, 0.3) is 11.7 Å². The molecule has 0 atom stereocenters. The lowest BCUT2D eigenvalue weighted by Gasteiger charge is -2.06. The molecule has 0 aliphatic carbocycles. The van der Waals surface area contributed by atoms with E-state index in [4.69, 9.17) is 9.47 Å². The van der Waals surface area contributed by atoms with Crippen LogP contribution in [0, 0.1) is 6.92 Å². The number of hydrogen-bond acceptors (Lipinski definition) is 8. The van der Waals surface area contributed by atoms with Crippen molar-refractivity contribution in [2.45, 2.75) is 6.92 Å². The van der Waals surface area contributed by atoms with Gasteiger partial charge in [-0.05, 0) is 24.3 Å². The fraction of sp³-hybridized carbons (Fsp3) is 0.214. The summed E-state index contributed by atoms with van der Waals surface area (Å²) in [5.74, 6) is 0.835. The smallest absolute Gasteiger partial charge is 0.297 e. The van der Waals surface area contributed by atoms with Gasteiger partial charge in [0.15, 0.2) is 0 Å². The van der Waals surface area contributed by atoms with E-state index in [1.54, 1.807) is 20.3 Å². The number of H-pyrrole nitrogens is 1. The molecule has 10 heteroatoms. The number of benzene rings is 1. The number of carbonyl (C=O) groups excluding carboxylic acids is 1. The van der Waals surface area contributed by atoms with E-state index in [1.807, 2.05) is 19.1 Å². The second-order valence-electron chi connectivity index (χ2n) is 4.72. The molecule has 1 amide bonds. The minimum Gasteiger partial charge on any atom is -0.497 e. The molecule has 0 unspecified atom stereocenters. The van der Waals surface area contributed by atoms with E-state index < -0.39 is 5.91 Å². The highest BCUT2D eigenvalue weighted by Crippen LogP contribution is 2.35. The van der Waals surface area contributed by atoms with Gasteiger partial charge >= 0.3 is 0 Å². The number of tetrazole rings is 1. The van der Waals surface area contributed by atoms with Gasteiger partial charge in [-0.25, -0.2) is 4.98 Å². The Bertz CT molecular complexity index is 839. The maximum atomic E-state index is 12.0. The number of methoxy groups -OCH3 is 2. The third-order valence-electron chi connectivity index (χ3n) is 3.17. The summed E-state index contributed by atoms with van der Waals surface area (Å²) in [5.41, 5.74) is 1.52. The molecule has 0 spiro atoms. The molecule has 24 heavy (non-hydrogen) atoms. The van der Waals surface area contributed by atoms with E-state index in [9.17, 15) is 4.79 Å². The van der Waals surface area contributed by atoms with Crippen molar-refractivity contribution in [3.05, 3.63) is 29.7 Å². The maximum Gasteiger partial charge on any atom is 0.297 e. The third-order valence-corrected chi connectivity index (χ3v) is 4.29. The molecule has 2 N–H and O–H groups in total. The zero-order valence-corrected chi connectivity index (χ0v) is 14.0. The number of rotatable bonds is 5. The Balaban J connectivity index is 1.90. The normalized spacial score (nSPS) is 10.5.